The molecule has 0 radical (unpaired) electrons. The van der Waals surface area contributed by atoms with Gasteiger partial charge in [0.15, 0.2) is 0 Å². The highest BCUT2D eigenvalue weighted by atomic mass is 35.5. The van der Waals surface area contributed by atoms with Crippen molar-refractivity contribution in [2.24, 2.45) is 5.73 Å². The highest BCUT2D eigenvalue weighted by molar-refractivity contribution is 6.30. The highest BCUT2D eigenvalue weighted by Crippen LogP contribution is 2.24. The minimum Gasteiger partial charge on any atom is -0.372 e. The maximum absolute atomic E-state index is 13.5. The maximum atomic E-state index is 13.5. The Morgan fingerprint density at radius 2 is 2.29 bits per heavy atom. The van der Waals surface area contributed by atoms with Crippen LogP contribution in [-0.2, 0) is 4.74 Å². The van der Waals surface area contributed by atoms with E-state index in [2.05, 4.69) is 0 Å². The standard InChI is InChI=1S/C10H13ClFNO/c1-2-14-9(6-13)7-4-3-5-8(11)10(7)12/h3-5,9H,2,6,13H2,1H3. The summed E-state index contributed by atoms with van der Waals surface area (Å²) >= 11 is 5.64. The molecule has 1 aromatic rings. The maximum Gasteiger partial charge on any atom is 0.147 e. The van der Waals surface area contributed by atoms with Crippen molar-refractivity contribution in [2.45, 2.75) is 13.0 Å². The van der Waals surface area contributed by atoms with Crippen molar-refractivity contribution in [2.75, 3.05) is 13.2 Å². The van der Waals surface area contributed by atoms with E-state index in [0.717, 1.165) is 0 Å². The van der Waals surface area contributed by atoms with Crippen LogP contribution in [0.3, 0.4) is 0 Å². The zero-order valence-electron chi connectivity index (χ0n) is 7.97. The van der Waals surface area contributed by atoms with Gasteiger partial charge in [0.25, 0.3) is 0 Å². The zero-order valence-corrected chi connectivity index (χ0v) is 8.72. The van der Waals surface area contributed by atoms with Gasteiger partial charge in [0.05, 0.1) is 11.1 Å². The van der Waals surface area contributed by atoms with Gasteiger partial charge in [-0.3, -0.25) is 0 Å². The molecule has 0 spiro atoms. The number of benzene rings is 1. The lowest BCUT2D eigenvalue weighted by molar-refractivity contribution is 0.0663. The van der Waals surface area contributed by atoms with E-state index >= 15 is 0 Å². The molecule has 1 atom stereocenters. The second-order valence-corrected chi connectivity index (χ2v) is 3.23. The Morgan fingerprint density at radius 1 is 1.57 bits per heavy atom. The van der Waals surface area contributed by atoms with Gasteiger partial charge in [-0.1, -0.05) is 23.7 Å². The van der Waals surface area contributed by atoms with Crippen LogP contribution in [0.1, 0.15) is 18.6 Å². The Kier molecular flexibility index (Phi) is 4.32. The lowest BCUT2D eigenvalue weighted by Crippen LogP contribution is -2.17. The van der Waals surface area contributed by atoms with Crippen LogP contribution in [-0.4, -0.2) is 13.2 Å². The fourth-order valence-electron chi connectivity index (χ4n) is 1.26. The van der Waals surface area contributed by atoms with E-state index in [1.54, 1.807) is 12.1 Å². The quantitative estimate of drug-likeness (QED) is 0.841. The first kappa shape index (κ1) is 11.4. The Morgan fingerprint density at radius 3 is 2.86 bits per heavy atom. The summed E-state index contributed by atoms with van der Waals surface area (Å²) in [5.41, 5.74) is 5.89. The predicted octanol–water partition coefficient (Wildman–Crippen LogP) is 2.52. The molecule has 0 aliphatic heterocycles. The van der Waals surface area contributed by atoms with Crippen LogP contribution in [0.4, 0.5) is 4.39 Å². The van der Waals surface area contributed by atoms with Crippen molar-refractivity contribution in [1.82, 2.24) is 0 Å². The number of nitrogens with two attached hydrogens (primary N) is 1. The molecule has 0 aliphatic carbocycles. The van der Waals surface area contributed by atoms with Gasteiger partial charge in [0, 0.05) is 18.7 Å². The molecule has 4 heteroatoms. The van der Waals surface area contributed by atoms with Gasteiger partial charge in [-0.2, -0.15) is 0 Å². The second kappa shape index (κ2) is 5.29. The lowest BCUT2D eigenvalue weighted by Gasteiger charge is -2.16. The molecule has 0 aliphatic rings. The summed E-state index contributed by atoms with van der Waals surface area (Å²) in [5.74, 6) is -0.446. The number of ether oxygens (including phenoxy) is 1. The average molecular weight is 218 g/mol. The topological polar surface area (TPSA) is 35.2 Å². The van der Waals surface area contributed by atoms with Crippen LogP contribution >= 0.6 is 11.6 Å². The van der Waals surface area contributed by atoms with Gasteiger partial charge < -0.3 is 10.5 Å². The van der Waals surface area contributed by atoms with Crippen LogP contribution in [0.15, 0.2) is 18.2 Å². The van der Waals surface area contributed by atoms with Crippen molar-refractivity contribution >= 4 is 11.6 Å². The number of rotatable bonds is 4. The molecule has 1 rings (SSSR count). The summed E-state index contributed by atoms with van der Waals surface area (Å²) in [5, 5.41) is 0.0978. The summed E-state index contributed by atoms with van der Waals surface area (Å²) in [6.45, 7) is 2.57. The first-order chi connectivity index (χ1) is 6.70. The van der Waals surface area contributed by atoms with E-state index in [1.807, 2.05) is 6.92 Å². The molecule has 0 saturated carbocycles. The molecule has 2 N–H and O–H groups in total. The fourth-order valence-corrected chi connectivity index (χ4v) is 1.44. The average Bonchev–Trinajstić information content (AvgIpc) is 2.19. The van der Waals surface area contributed by atoms with E-state index in [-0.39, 0.29) is 11.6 Å². The minimum absolute atomic E-state index is 0.0978. The van der Waals surface area contributed by atoms with Crippen LogP contribution in [0.2, 0.25) is 5.02 Å². The third-order valence-electron chi connectivity index (χ3n) is 1.91. The van der Waals surface area contributed by atoms with Crippen molar-refractivity contribution in [3.63, 3.8) is 0 Å². The molecule has 0 aromatic heterocycles. The molecule has 0 saturated heterocycles. The summed E-state index contributed by atoms with van der Waals surface area (Å²) in [6, 6.07) is 4.82. The van der Waals surface area contributed by atoms with Crippen LogP contribution in [0, 0.1) is 5.82 Å². The Hall–Kier alpha value is -0.640. The second-order valence-electron chi connectivity index (χ2n) is 2.82. The highest BCUT2D eigenvalue weighted by Gasteiger charge is 2.15. The van der Waals surface area contributed by atoms with Gasteiger partial charge in [-0.05, 0) is 13.0 Å². The lowest BCUT2D eigenvalue weighted by atomic mass is 10.1. The molecule has 2 nitrogen and oxygen atoms in total. The van der Waals surface area contributed by atoms with Gasteiger partial charge in [0.1, 0.15) is 5.82 Å². The molecule has 0 heterocycles. The Bertz CT molecular complexity index is 306. The predicted molar refractivity (Wildman–Crippen MR) is 54.8 cm³/mol. The summed E-state index contributed by atoms with van der Waals surface area (Å²) < 4.78 is 18.8. The van der Waals surface area contributed by atoms with E-state index < -0.39 is 11.9 Å². The number of halogens is 2. The smallest absolute Gasteiger partial charge is 0.147 e. The minimum atomic E-state index is -0.446. The van der Waals surface area contributed by atoms with Crippen LogP contribution < -0.4 is 5.73 Å². The molecular formula is C10H13ClFNO. The molecule has 0 fully saturated rings. The van der Waals surface area contributed by atoms with Crippen LogP contribution in [0.5, 0.6) is 0 Å². The summed E-state index contributed by atoms with van der Waals surface area (Å²) in [6.07, 6.45) is -0.418. The van der Waals surface area contributed by atoms with Crippen molar-refractivity contribution in [3.8, 4) is 0 Å². The third-order valence-corrected chi connectivity index (χ3v) is 2.20. The number of hydrogen-bond acceptors (Lipinski definition) is 2. The van der Waals surface area contributed by atoms with Crippen LogP contribution in [0.25, 0.3) is 0 Å². The molecule has 14 heavy (non-hydrogen) atoms. The van der Waals surface area contributed by atoms with Gasteiger partial charge >= 0.3 is 0 Å². The number of hydrogen-bond donors (Lipinski definition) is 1. The van der Waals surface area contributed by atoms with E-state index in [9.17, 15) is 4.39 Å². The summed E-state index contributed by atoms with van der Waals surface area (Å²) in [4.78, 5) is 0. The monoisotopic (exact) mass is 217 g/mol. The van der Waals surface area contributed by atoms with E-state index in [1.165, 1.54) is 6.07 Å². The van der Waals surface area contributed by atoms with Crippen molar-refractivity contribution < 1.29 is 9.13 Å². The van der Waals surface area contributed by atoms with Crippen molar-refractivity contribution in [3.05, 3.63) is 34.6 Å². The van der Waals surface area contributed by atoms with Gasteiger partial charge in [-0.15, -0.1) is 0 Å². The molecule has 0 bridgehead atoms. The molecule has 1 unspecified atom stereocenters. The SMILES string of the molecule is CCOC(CN)c1cccc(Cl)c1F. The Balaban J connectivity index is 2.97. The third kappa shape index (κ3) is 2.44. The largest absolute Gasteiger partial charge is 0.372 e. The van der Waals surface area contributed by atoms with E-state index in [4.69, 9.17) is 22.1 Å². The van der Waals surface area contributed by atoms with Gasteiger partial charge in [-0.25, -0.2) is 4.39 Å². The van der Waals surface area contributed by atoms with Crippen molar-refractivity contribution in [1.29, 1.82) is 0 Å². The molecule has 78 valence electrons. The van der Waals surface area contributed by atoms with E-state index in [0.29, 0.717) is 12.2 Å². The summed E-state index contributed by atoms with van der Waals surface area (Å²) in [7, 11) is 0. The first-order valence-corrected chi connectivity index (χ1v) is 4.84. The van der Waals surface area contributed by atoms with Gasteiger partial charge in [0.2, 0.25) is 0 Å². The normalized spacial score (nSPS) is 12.9. The zero-order chi connectivity index (χ0) is 10.6. The fraction of sp³-hybridized carbons (Fsp3) is 0.400. The first-order valence-electron chi connectivity index (χ1n) is 4.46. The Labute approximate surface area is 87.8 Å². The molecule has 0 amide bonds. The molecular weight excluding hydrogens is 205 g/mol. The molecule has 1 aromatic carbocycles.